The fourth-order valence-corrected chi connectivity index (χ4v) is 2.42. The van der Waals surface area contributed by atoms with Gasteiger partial charge in [-0.1, -0.05) is 30.3 Å². The molecule has 0 atom stereocenters. The van der Waals surface area contributed by atoms with Crippen molar-refractivity contribution in [2.75, 3.05) is 12.0 Å². The molecule has 3 N–H and O–H groups in total. The second-order valence-corrected chi connectivity index (χ2v) is 4.94. The maximum atomic E-state index is 12.0. The average Bonchev–Trinajstić information content (AvgIpc) is 2.98. The first kappa shape index (κ1) is 15.0. The van der Waals surface area contributed by atoms with Crippen molar-refractivity contribution >= 4 is 22.7 Å². The van der Waals surface area contributed by atoms with Crippen LogP contribution in [0.15, 0.2) is 42.7 Å². The van der Waals surface area contributed by atoms with Gasteiger partial charge in [-0.25, -0.2) is 14.5 Å². The lowest BCUT2D eigenvalue weighted by molar-refractivity contribution is 0.0527. The summed E-state index contributed by atoms with van der Waals surface area (Å²) in [5.41, 5.74) is 5.07. The highest BCUT2D eigenvalue weighted by Gasteiger charge is 2.18. The topological polar surface area (TPSA) is 95.1 Å². The summed E-state index contributed by atoms with van der Waals surface area (Å²) < 4.78 is 6.78. The van der Waals surface area contributed by atoms with Crippen LogP contribution in [-0.4, -0.2) is 27.3 Å². The summed E-state index contributed by atoms with van der Waals surface area (Å²) >= 11 is 0. The van der Waals surface area contributed by atoms with Gasteiger partial charge in [-0.15, -0.1) is 0 Å². The van der Waals surface area contributed by atoms with Crippen LogP contribution in [0.25, 0.3) is 11.0 Å². The third-order valence-electron chi connectivity index (χ3n) is 3.48. The Balaban J connectivity index is 2.03. The lowest BCUT2D eigenvalue weighted by Crippen LogP contribution is -2.15. The summed E-state index contributed by atoms with van der Waals surface area (Å²) in [7, 11) is 0. The molecule has 0 bridgehead atoms. The fraction of sp³-hybridized carbons (Fsp3) is 0.188. The van der Waals surface area contributed by atoms with E-state index in [1.165, 1.54) is 6.20 Å². The SMILES string of the molecule is CCOC(=O)c1cnc2c(cnn2Cc2ccccc2)c1NN. The number of hydrazine groups is 1. The minimum Gasteiger partial charge on any atom is -0.462 e. The van der Waals surface area contributed by atoms with Crippen LogP contribution in [0.5, 0.6) is 0 Å². The highest BCUT2D eigenvalue weighted by molar-refractivity contribution is 6.03. The Bertz CT molecular complexity index is 829. The molecular weight excluding hydrogens is 294 g/mol. The molecule has 1 aromatic carbocycles. The van der Waals surface area contributed by atoms with E-state index < -0.39 is 5.97 Å². The van der Waals surface area contributed by atoms with Gasteiger partial charge in [-0.3, -0.25) is 5.84 Å². The van der Waals surface area contributed by atoms with Crippen molar-refractivity contribution in [2.24, 2.45) is 5.84 Å². The number of nitrogens with two attached hydrogens (primary N) is 1. The zero-order chi connectivity index (χ0) is 16.2. The van der Waals surface area contributed by atoms with E-state index in [0.717, 1.165) is 5.56 Å². The van der Waals surface area contributed by atoms with Crippen LogP contribution < -0.4 is 11.3 Å². The van der Waals surface area contributed by atoms with Crippen molar-refractivity contribution < 1.29 is 9.53 Å². The highest BCUT2D eigenvalue weighted by Crippen LogP contribution is 2.26. The first-order valence-corrected chi connectivity index (χ1v) is 7.26. The Labute approximate surface area is 133 Å². The molecule has 0 aliphatic carbocycles. The molecule has 0 amide bonds. The molecule has 0 aliphatic rings. The summed E-state index contributed by atoms with van der Waals surface area (Å²) in [6.07, 6.45) is 3.10. The number of nitrogen functional groups attached to an aromatic ring is 1. The van der Waals surface area contributed by atoms with Gasteiger partial charge in [0.25, 0.3) is 0 Å². The molecule has 3 aromatic rings. The standard InChI is InChI=1S/C16H17N5O2/c1-2-23-16(22)13-8-18-15-12(14(13)20-17)9-19-21(15)10-11-6-4-3-5-7-11/h3-9H,2,10,17H2,1H3,(H,18,20). The van der Waals surface area contributed by atoms with Crippen LogP contribution in [0, 0.1) is 0 Å². The largest absolute Gasteiger partial charge is 0.462 e. The number of pyridine rings is 1. The number of nitrogens with one attached hydrogen (secondary N) is 1. The lowest BCUT2D eigenvalue weighted by atomic mass is 10.2. The molecule has 2 aromatic heterocycles. The van der Waals surface area contributed by atoms with E-state index in [9.17, 15) is 4.79 Å². The second kappa shape index (κ2) is 6.45. The van der Waals surface area contributed by atoms with E-state index in [4.69, 9.17) is 10.6 Å². The quantitative estimate of drug-likeness (QED) is 0.425. The number of aromatic nitrogens is 3. The van der Waals surface area contributed by atoms with Crippen molar-refractivity contribution in [2.45, 2.75) is 13.5 Å². The van der Waals surface area contributed by atoms with Gasteiger partial charge in [0.1, 0.15) is 5.56 Å². The fourth-order valence-electron chi connectivity index (χ4n) is 2.42. The minimum atomic E-state index is -0.467. The van der Waals surface area contributed by atoms with E-state index in [1.54, 1.807) is 17.8 Å². The van der Waals surface area contributed by atoms with E-state index in [-0.39, 0.29) is 6.61 Å². The van der Waals surface area contributed by atoms with Crippen LogP contribution in [0.3, 0.4) is 0 Å². The summed E-state index contributed by atoms with van der Waals surface area (Å²) in [6.45, 7) is 2.62. The van der Waals surface area contributed by atoms with Crippen molar-refractivity contribution in [1.29, 1.82) is 0 Å². The second-order valence-electron chi connectivity index (χ2n) is 4.94. The molecule has 0 saturated heterocycles. The van der Waals surface area contributed by atoms with Gasteiger partial charge in [0.05, 0.1) is 30.4 Å². The smallest absolute Gasteiger partial charge is 0.341 e. The Hall–Kier alpha value is -2.93. The van der Waals surface area contributed by atoms with Gasteiger partial charge in [0.15, 0.2) is 5.65 Å². The van der Waals surface area contributed by atoms with Crippen LogP contribution in [-0.2, 0) is 11.3 Å². The molecule has 0 saturated carbocycles. The monoisotopic (exact) mass is 311 g/mol. The zero-order valence-electron chi connectivity index (χ0n) is 12.7. The normalized spacial score (nSPS) is 10.7. The Morgan fingerprint density at radius 1 is 1.30 bits per heavy atom. The van der Waals surface area contributed by atoms with Crippen molar-refractivity contribution in [1.82, 2.24) is 14.8 Å². The summed E-state index contributed by atoms with van der Waals surface area (Å²) in [4.78, 5) is 16.3. The zero-order valence-corrected chi connectivity index (χ0v) is 12.7. The van der Waals surface area contributed by atoms with Gasteiger partial charge in [0.2, 0.25) is 0 Å². The van der Waals surface area contributed by atoms with E-state index in [2.05, 4.69) is 15.5 Å². The number of hydrogen-bond acceptors (Lipinski definition) is 6. The molecule has 118 valence electrons. The molecule has 0 spiro atoms. The van der Waals surface area contributed by atoms with Gasteiger partial charge in [-0.05, 0) is 12.5 Å². The van der Waals surface area contributed by atoms with E-state index in [1.807, 2.05) is 30.3 Å². The third kappa shape index (κ3) is 2.86. The lowest BCUT2D eigenvalue weighted by Gasteiger charge is -2.09. The van der Waals surface area contributed by atoms with Crippen molar-refractivity contribution in [3.63, 3.8) is 0 Å². The first-order chi connectivity index (χ1) is 11.2. The van der Waals surface area contributed by atoms with Gasteiger partial charge >= 0.3 is 5.97 Å². The molecular formula is C16H17N5O2. The number of hydrogen-bond donors (Lipinski definition) is 2. The Morgan fingerprint density at radius 2 is 2.09 bits per heavy atom. The molecule has 0 radical (unpaired) electrons. The number of benzene rings is 1. The van der Waals surface area contributed by atoms with Crippen molar-refractivity contribution in [3.05, 3.63) is 53.9 Å². The number of rotatable bonds is 5. The average molecular weight is 311 g/mol. The molecule has 2 heterocycles. The summed E-state index contributed by atoms with van der Waals surface area (Å²) in [6, 6.07) is 9.94. The summed E-state index contributed by atoms with van der Waals surface area (Å²) in [5.74, 6) is 5.12. The molecule has 7 heteroatoms. The van der Waals surface area contributed by atoms with Crippen LogP contribution >= 0.6 is 0 Å². The predicted octanol–water partition coefficient (Wildman–Crippen LogP) is 1.94. The number of nitrogens with zero attached hydrogens (tertiary/aromatic N) is 3. The van der Waals surface area contributed by atoms with E-state index >= 15 is 0 Å². The van der Waals surface area contributed by atoms with Crippen LogP contribution in [0.1, 0.15) is 22.8 Å². The highest BCUT2D eigenvalue weighted by atomic mass is 16.5. The maximum absolute atomic E-state index is 12.0. The predicted molar refractivity (Wildman–Crippen MR) is 86.8 cm³/mol. The van der Waals surface area contributed by atoms with Gasteiger partial charge < -0.3 is 10.2 Å². The minimum absolute atomic E-state index is 0.286. The number of esters is 1. The van der Waals surface area contributed by atoms with Gasteiger partial charge in [-0.2, -0.15) is 5.10 Å². The molecule has 23 heavy (non-hydrogen) atoms. The maximum Gasteiger partial charge on any atom is 0.341 e. The molecule has 0 unspecified atom stereocenters. The summed E-state index contributed by atoms with van der Waals surface area (Å²) in [5, 5.41) is 5.03. The van der Waals surface area contributed by atoms with Crippen LogP contribution in [0.4, 0.5) is 5.69 Å². The number of anilines is 1. The third-order valence-corrected chi connectivity index (χ3v) is 3.48. The molecule has 0 fully saturated rings. The number of carbonyl (C=O) groups excluding carboxylic acids is 1. The number of fused-ring (bicyclic) bond motifs is 1. The van der Waals surface area contributed by atoms with Gasteiger partial charge in [0, 0.05) is 6.20 Å². The van der Waals surface area contributed by atoms with Crippen molar-refractivity contribution in [3.8, 4) is 0 Å². The molecule has 0 aliphatic heterocycles. The van der Waals surface area contributed by atoms with E-state index in [0.29, 0.717) is 28.8 Å². The molecule has 7 nitrogen and oxygen atoms in total. The number of carbonyl (C=O) groups is 1. The Morgan fingerprint density at radius 3 is 2.78 bits per heavy atom. The molecule has 3 rings (SSSR count). The van der Waals surface area contributed by atoms with Crippen LogP contribution in [0.2, 0.25) is 0 Å². The Kier molecular flexibility index (Phi) is 4.20. The first-order valence-electron chi connectivity index (χ1n) is 7.26. The number of ether oxygens (including phenoxy) is 1.